The van der Waals surface area contributed by atoms with Crippen molar-refractivity contribution in [1.82, 2.24) is 35.2 Å². The number of anilines is 1. The van der Waals surface area contributed by atoms with Crippen molar-refractivity contribution in [2.75, 3.05) is 25.4 Å². The molecule has 238 valence electrons. The van der Waals surface area contributed by atoms with E-state index in [1.807, 2.05) is 0 Å². The lowest BCUT2D eigenvalue weighted by molar-refractivity contribution is -0.141. The highest BCUT2D eigenvalue weighted by Crippen LogP contribution is 2.39. The van der Waals surface area contributed by atoms with Gasteiger partial charge in [0.2, 0.25) is 5.91 Å². The van der Waals surface area contributed by atoms with E-state index in [4.69, 9.17) is 15.0 Å². The van der Waals surface area contributed by atoms with Crippen LogP contribution < -0.4 is 21.5 Å². The number of aliphatic hydroxyl groups is 2. The fourth-order valence-electron chi connectivity index (χ4n) is 4.42. The molecule has 1 unspecified atom stereocenters. The van der Waals surface area contributed by atoms with Crippen LogP contribution in [0, 0.1) is 0 Å². The highest BCUT2D eigenvalue weighted by molar-refractivity contribution is 7.50. The number of rotatable bonds is 15. The molecule has 1 saturated heterocycles. The van der Waals surface area contributed by atoms with Gasteiger partial charge in [0.15, 0.2) is 17.7 Å². The van der Waals surface area contributed by atoms with E-state index in [-0.39, 0.29) is 42.8 Å². The molecule has 1 aliphatic rings. The SMILES string of the molecule is Nc1ncnc2c1ncn2[C@@H]1O[C@H](COP(=O)(O)NCCCC[C@H](NC(=O)CNC(=O)c2ccccc2)C(=O)O)[C@@H](O)[C@H]1O. The Hall–Kier alpha value is -4.03. The number of benzene rings is 1. The fourth-order valence-corrected chi connectivity index (χ4v) is 5.30. The van der Waals surface area contributed by atoms with E-state index in [1.54, 1.807) is 30.3 Å². The summed E-state index contributed by atoms with van der Waals surface area (Å²) in [5.41, 5.74) is 6.65. The van der Waals surface area contributed by atoms with E-state index >= 15 is 0 Å². The second-order valence-electron chi connectivity index (χ2n) is 9.86. The lowest BCUT2D eigenvalue weighted by Gasteiger charge is -2.18. The zero-order chi connectivity index (χ0) is 31.9. The summed E-state index contributed by atoms with van der Waals surface area (Å²) in [6.45, 7) is -1.00. The predicted octanol–water partition coefficient (Wildman–Crippen LogP) is -1.10. The molecule has 2 aromatic heterocycles. The maximum absolute atomic E-state index is 12.5. The molecular formula is C25H33N8O10P. The lowest BCUT2D eigenvalue weighted by atomic mass is 10.1. The summed E-state index contributed by atoms with van der Waals surface area (Å²) in [5.74, 6) is -2.32. The topological polar surface area (TPSA) is 273 Å². The van der Waals surface area contributed by atoms with Crippen molar-refractivity contribution in [2.24, 2.45) is 0 Å². The minimum Gasteiger partial charge on any atom is -0.480 e. The van der Waals surface area contributed by atoms with Crippen LogP contribution in [0.25, 0.3) is 11.2 Å². The third-order valence-electron chi connectivity index (χ3n) is 6.72. The van der Waals surface area contributed by atoms with Crippen LogP contribution in [0.2, 0.25) is 0 Å². The van der Waals surface area contributed by atoms with Crippen LogP contribution in [0.1, 0.15) is 35.8 Å². The van der Waals surface area contributed by atoms with Gasteiger partial charge in [-0.1, -0.05) is 18.2 Å². The molecule has 0 spiro atoms. The van der Waals surface area contributed by atoms with Crippen molar-refractivity contribution in [2.45, 2.75) is 49.8 Å². The molecular weight excluding hydrogens is 603 g/mol. The zero-order valence-corrected chi connectivity index (χ0v) is 24.1. The molecule has 1 fully saturated rings. The summed E-state index contributed by atoms with van der Waals surface area (Å²) >= 11 is 0. The lowest BCUT2D eigenvalue weighted by Crippen LogP contribution is -2.45. The number of fused-ring (bicyclic) bond motifs is 1. The Morgan fingerprint density at radius 1 is 1.11 bits per heavy atom. The number of unbranched alkanes of at least 4 members (excludes halogenated alkanes) is 1. The van der Waals surface area contributed by atoms with Crippen LogP contribution in [0.15, 0.2) is 43.0 Å². The number of carboxylic acid groups (broad SMARTS) is 1. The Balaban J connectivity index is 1.17. The molecule has 0 saturated carbocycles. The summed E-state index contributed by atoms with van der Waals surface area (Å²) in [6, 6.07) is 6.98. The molecule has 1 aliphatic heterocycles. The molecule has 19 heteroatoms. The van der Waals surface area contributed by atoms with Gasteiger partial charge in [-0.25, -0.2) is 29.4 Å². The third kappa shape index (κ3) is 8.32. The van der Waals surface area contributed by atoms with Crippen LogP contribution in [-0.4, -0.2) is 102 Å². The van der Waals surface area contributed by atoms with Gasteiger partial charge in [-0.15, -0.1) is 0 Å². The Bertz CT molecular complexity index is 1510. The molecule has 2 amide bonds. The standard InChI is InChI=1S/C25H33N8O10P/c26-21-18-22(29-12-28-21)33(13-30-18)24-20(36)19(35)16(43-24)11-42-44(40,41)31-9-5-4-8-15(25(38)39)32-17(34)10-27-23(37)14-6-2-1-3-7-14/h1-3,6-7,12-13,15-16,19-20,24,35-36H,4-5,8-11H2,(H,27,37)(H,32,34)(H,38,39)(H2,26,28,29)(H2,31,40,41)/t15-,16+,19+,20+,24+/m0/s1. The number of nitrogens with two attached hydrogens (primary N) is 1. The van der Waals surface area contributed by atoms with Crippen molar-refractivity contribution >= 4 is 42.5 Å². The first-order valence-electron chi connectivity index (χ1n) is 13.5. The van der Waals surface area contributed by atoms with Gasteiger partial charge in [-0.2, -0.15) is 0 Å². The number of amides is 2. The van der Waals surface area contributed by atoms with Crippen LogP contribution in [0.4, 0.5) is 5.82 Å². The maximum Gasteiger partial charge on any atom is 0.403 e. The van der Waals surface area contributed by atoms with Gasteiger partial charge in [-0.3, -0.25) is 18.7 Å². The summed E-state index contributed by atoms with van der Waals surface area (Å²) in [5, 5.41) is 37.5. The molecule has 0 bridgehead atoms. The maximum atomic E-state index is 12.5. The number of aromatic nitrogens is 4. The summed E-state index contributed by atoms with van der Waals surface area (Å²) in [4.78, 5) is 57.9. The highest BCUT2D eigenvalue weighted by atomic mass is 31.2. The van der Waals surface area contributed by atoms with Gasteiger partial charge in [0.25, 0.3) is 5.91 Å². The number of hydrogen-bond acceptors (Lipinski definition) is 12. The Labute approximate surface area is 250 Å². The van der Waals surface area contributed by atoms with E-state index in [9.17, 15) is 39.2 Å². The molecule has 0 aliphatic carbocycles. The number of carbonyl (C=O) groups is 3. The number of aliphatic hydroxyl groups excluding tert-OH is 2. The van der Waals surface area contributed by atoms with Gasteiger partial charge < -0.3 is 41.3 Å². The van der Waals surface area contributed by atoms with Crippen LogP contribution >= 0.6 is 7.75 Å². The molecule has 9 N–H and O–H groups in total. The average molecular weight is 637 g/mol. The first-order valence-corrected chi connectivity index (χ1v) is 15.1. The van der Waals surface area contributed by atoms with Crippen molar-refractivity contribution in [3.63, 3.8) is 0 Å². The van der Waals surface area contributed by atoms with Crippen LogP contribution in [-0.2, 0) is 23.4 Å². The molecule has 3 aromatic rings. The summed E-state index contributed by atoms with van der Waals surface area (Å²) in [6.07, 6.45) is -2.17. The van der Waals surface area contributed by atoms with Crippen molar-refractivity contribution in [3.05, 3.63) is 48.5 Å². The quantitative estimate of drug-likeness (QED) is 0.0726. The van der Waals surface area contributed by atoms with Gasteiger partial charge in [0.05, 0.1) is 19.5 Å². The predicted molar refractivity (Wildman–Crippen MR) is 152 cm³/mol. The highest BCUT2D eigenvalue weighted by Gasteiger charge is 2.45. The normalized spacial score (nSPS) is 21.9. The smallest absolute Gasteiger partial charge is 0.403 e. The monoisotopic (exact) mass is 636 g/mol. The molecule has 44 heavy (non-hydrogen) atoms. The second-order valence-corrected chi connectivity index (χ2v) is 11.5. The molecule has 18 nitrogen and oxygen atoms in total. The number of imidazole rings is 1. The summed E-state index contributed by atoms with van der Waals surface area (Å²) < 4.78 is 24.5. The number of nitrogens with one attached hydrogen (secondary N) is 3. The Morgan fingerprint density at radius 3 is 2.59 bits per heavy atom. The number of ether oxygens (including phenoxy) is 1. The van der Waals surface area contributed by atoms with E-state index in [0.717, 1.165) is 0 Å². The van der Waals surface area contributed by atoms with Gasteiger partial charge in [0, 0.05) is 12.1 Å². The summed E-state index contributed by atoms with van der Waals surface area (Å²) in [7, 11) is -4.37. The van der Waals surface area contributed by atoms with E-state index in [1.165, 1.54) is 17.2 Å². The second kappa shape index (κ2) is 14.6. The van der Waals surface area contributed by atoms with Crippen molar-refractivity contribution in [1.29, 1.82) is 0 Å². The zero-order valence-electron chi connectivity index (χ0n) is 23.2. The Morgan fingerprint density at radius 2 is 1.86 bits per heavy atom. The number of hydrogen-bond donors (Lipinski definition) is 8. The molecule has 6 atom stereocenters. The first-order chi connectivity index (χ1) is 21.0. The molecule has 0 radical (unpaired) electrons. The third-order valence-corrected chi connectivity index (χ3v) is 7.84. The minimum absolute atomic E-state index is 0.0207. The van der Waals surface area contributed by atoms with Crippen molar-refractivity contribution < 1.29 is 48.4 Å². The minimum atomic E-state index is -4.37. The van der Waals surface area contributed by atoms with Crippen LogP contribution in [0.3, 0.4) is 0 Å². The van der Waals surface area contributed by atoms with Crippen molar-refractivity contribution in [3.8, 4) is 0 Å². The molecule has 4 rings (SSSR count). The molecule has 1 aromatic carbocycles. The Kier molecular flexibility index (Phi) is 10.9. The number of nitrogens with zero attached hydrogens (tertiary/aromatic N) is 4. The van der Waals surface area contributed by atoms with Gasteiger partial charge in [-0.05, 0) is 31.4 Å². The first kappa shape index (κ1) is 32.9. The fraction of sp³-hybridized carbons (Fsp3) is 0.440. The van der Waals surface area contributed by atoms with E-state index in [2.05, 4.69) is 30.7 Å². The largest absolute Gasteiger partial charge is 0.480 e. The average Bonchev–Trinajstić information content (AvgIpc) is 3.55. The number of aliphatic carboxylic acids is 1. The number of nitrogen functional groups attached to an aromatic ring is 1. The number of carbonyl (C=O) groups excluding carboxylic acids is 2. The van der Waals surface area contributed by atoms with Gasteiger partial charge >= 0.3 is 13.7 Å². The van der Waals surface area contributed by atoms with Gasteiger partial charge in [0.1, 0.15) is 36.2 Å². The number of carboxylic acids is 1. The van der Waals surface area contributed by atoms with E-state index < -0.39 is 69.3 Å². The molecule has 3 heterocycles. The van der Waals surface area contributed by atoms with E-state index in [0.29, 0.717) is 5.56 Å². The van der Waals surface area contributed by atoms with Crippen LogP contribution in [0.5, 0.6) is 0 Å².